The van der Waals surface area contributed by atoms with Gasteiger partial charge in [-0.25, -0.2) is 4.79 Å². The minimum absolute atomic E-state index is 0.00279. The molecule has 0 spiro atoms. The molecule has 1 saturated heterocycles. The van der Waals surface area contributed by atoms with Crippen molar-refractivity contribution in [2.45, 2.75) is 32.4 Å². The summed E-state index contributed by atoms with van der Waals surface area (Å²) in [7, 11) is 0. The molecule has 0 aromatic heterocycles. The molecule has 0 radical (unpaired) electrons. The van der Waals surface area contributed by atoms with Gasteiger partial charge in [-0.1, -0.05) is 12.1 Å². The van der Waals surface area contributed by atoms with Gasteiger partial charge in [-0.15, -0.1) is 0 Å². The number of nitrogens with one attached hydrogen (secondary N) is 1. The summed E-state index contributed by atoms with van der Waals surface area (Å²) < 4.78 is 11.1. The maximum atomic E-state index is 12.1. The zero-order valence-electron chi connectivity index (χ0n) is 13.8. The molecule has 1 heterocycles. The van der Waals surface area contributed by atoms with Crippen LogP contribution in [0.25, 0.3) is 0 Å². The van der Waals surface area contributed by atoms with E-state index in [0.717, 1.165) is 0 Å². The van der Waals surface area contributed by atoms with E-state index in [1.165, 1.54) is 0 Å². The molecule has 2 rings (SSSR count). The van der Waals surface area contributed by atoms with Crippen molar-refractivity contribution in [3.63, 3.8) is 0 Å². The number of nitrogens with zero attached hydrogens (tertiary/aromatic N) is 2. The summed E-state index contributed by atoms with van der Waals surface area (Å²) in [5.74, 6) is 0.561. The number of nitriles is 1. The van der Waals surface area contributed by atoms with Crippen molar-refractivity contribution in [2.75, 3.05) is 26.2 Å². The maximum Gasteiger partial charge on any atom is 0.410 e. The van der Waals surface area contributed by atoms with E-state index in [2.05, 4.69) is 11.4 Å². The number of hydrogen-bond acceptors (Lipinski definition) is 5. The molecule has 0 unspecified atom stereocenters. The van der Waals surface area contributed by atoms with Crippen LogP contribution in [0.1, 0.15) is 26.3 Å². The summed E-state index contributed by atoms with van der Waals surface area (Å²) in [4.78, 5) is 13.8. The molecule has 124 valence electrons. The first-order chi connectivity index (χ1) is 10.9. The first-order valence-electron chi connectivity index (χ1n) is 7.72. The molecule has 6 heteroatoms. The van der Waals surface area contributed by atoms with Crippen molar-refractivity contribution in [1.29, 1.82) is 5.26 Å². The lowest BCUT2D eigenvalue weighted by atomic mass is 10.2. The molecular weight excluding hydrogens is 294 g/mol. The number of amides is 1. The molecule has 0 bridgehead atoms. The zero-order valence-corrected chi connectivity index (χ0v) is 13.8. The van der Waals surface area contributed by atoms with Crippen LogP contribution in [0.3, 0.4) is 0 Å². The highest BCUT2D eigenvalue weighted by atomic mass is 16.6. The largest absolute Gasteiger partial charge is 0.491 e. The van der Waals surface area contributed by atoms with Crippen molar-refractivity contribution >= 4 is 6.09 Å². The second-order valence-electron chi connectivity index (χ2n) is 6.50. The molecule has 1 N–H and O–H groups in total. The second kappa shape index (κ2) is 7.34. The van der Waals surface area contributed by atoms with Gasteiger partial charge < -0.3 is 19.7 Å². The fourth-order valence-corrected chi connectivity index (χ4v) is 2.30. The molecule has 1 amide bonds. The first kappa shape index (κ1) is 17.1. The predicted molar refractivity (Wildman–Crippen MR) is 86.2 cm³/mol. The minimum atomic E-state index is -0.500. The monoisotopic (exact) mass is 317 g/mol. The fraction of sp³-hybridized carbons (Fsp3) is 0.529. The SMILES string of the molecule is CC(C)(C)OC(=O)N1CCN[C@H](COc2ccccc2C#N)C1. The fourth-order valence-electron chi connectivity index (χ4n) is 2.30. The van der Waals surface area contributed by atoms with Gasteiger partial charge in [0, 0.05) is 19.6 Å². The Morgan fingerprint density at radius 1 is 1.43 bits per heavy atom. The molecule has 1 aromatic carbocycles. The summed E-state index contributed by atoms with van der Waals surface area (Å²) in [6.07, 6.45) is -0.304. The van der Waals surface area contributed by atoms with E-state index in [1.807, 2.05) is 26.8 Å². The Bertz CT molecular complexity index is 589. The van der Waals surface area contributed by atoms with Crippen LogP contribution in [0.4, 0.5) is 4.79 Å². The number of rotatable bonds is 3. The molecule has 0 aliphatic carbocycles. The van der Waals surface area contributed by atoms with E-state index in [-0.39, 0.29) is 12.1 Å². The van der Waals surface area contributed by atoms with Crippen LogP contribution in [-0.2, 0) is 4.74 Å². The zero-order chi connectivity index (χ0) is 16.9. The van der Waals surface area contributed by atoms with Gasteiger partial charge in [-0.05, 0) is 32.9 Å². The number of hydrogen-bond donors (Lipinski definition) is 1. The lowest BCUT2D eigenvalue weighted by Gasteiger charge is -2.34. The van der Waals surface area contributed by atoms with E-state index in [0.29, 0.717) is 37.6 Å². The van der Waals surface area contributed by atoms with Crippen LogP contribution in [0, 0.1) is 11.3 Å². The Kier molecular flexibility index (Phi) is 5.45. The highest BCUT2D eigenvalue weighted by molar-refractivity contribution is 5.68. The number of piperazine rings is 1. The van der Waals surface area contributed by atoms with Crippen LogP contribution in [0.5, 0.6) is 5.75 Å². The minimum Gasteiger partial charge on any atom is -0.491 e. The van der Waals surface area contributed by atoms with Gasteiger partial charge >= 0.3 is 6.09 Å². The third-order valence-corrected chi connectivity index (χ3v) is 3.35. The summed E-state index contributed by atoms with van der Waals surface area (Å²) in [5.41, 5.74) is 0.00646. The van der Waals surface area contributed by atoms with Crippen molar-refractivity contribution in [2.24, 2.45) is 0 Å². The second-order valence-corrected chi connectivity index (χ2v) is 6.50. The van der Waals surface area contributed by atoms with E-state index in [1.54, 1.807) is 23.1 Å². The smallest absolute Gasteiger partial charge is 0.410 e. The molecule has 1 aliphatic rings. The highest BCUT2D eigenvalue weighted by Crippen LogP contribution is 2.17. The summed E-state index contributed by atoms with van der Waals surface area (Å²) in [5, 5.41) is 12.4. The molecule has 1 aromatic rings. The Hall–Kier alpha value is -2.26. The topological polar surface area (TPSA) is 74.6 Å². The molecule has 6 nitrogen and oxygen atoms in total. The van der Waals surface area contributed by atoms with Gasteiger partial charge in [-0.2, -0.15) is 5.26 Å². The third kappa shape index (κ3) is 5.15. The summed E-state index contributed by atoms with van der Waals surface area (Å²) in [6, 6.07) is 9.23. The Labute approximate surface area is 137 Å². The van der Waals surface area contributed by atoms with Gasteiger partial charge in [0.15, 0.2) is 0 Å². The van der Waals surface area contributed by atoms with Crippen LogP contribution < -0.4 is 10.1 Å². The van der Waals surface area contributed by atoms with Crippen molar-refractivity contribution in [1.82, 2.24) is 10.2 Å². The molecule has 1 aliphatic heterocycles. The Morgan fingerprint density at radius 2 is 2.17 bits per heavy atom. The van der Waals surface area contributed by atoms with Crippen molar-refractivity contribution in [3.8, 4) is 11.8 Å². The van der Waals surface area contributed by atoms with E-state index >= 15 is 0 Å². The van der Waals surface area contributed by atoms with E-state index < -0.39 is 5.60 Å². The highest BCUT2D eigenvalue weighted by Gasteiger charge is 2.27. The van der Waals surface area contributed by atoms with Gasteiger partial charge in [0.1, 0.15) is 24.0 Å². The number of carbonyl (C=O) groups excluding carboxylic acids is 1. The lowest BCUT2D eigenvalue weighted by Crippen LogP contribution is -2.55. The quantitative estimate of drug-likeness (QED) is 0.924. The average molecular weight is 317 g/mol. The molecule has 1 atom stereocenters. The molecule has 0 saturated carbocycles. The van der Waals surface area contributed by atoms with Gasteiger partial charge in [-0.3, -0.25) is 0 Å². The number of benzene rings is 1. The average Bonchev–Trinajstić information content (AvgIpc) is 2.52. The Balaban J connectivity index is 1.89. The number of carbonyl (C=O) groups is 1. The van der Waals surface area contributed by atoms with E-state index in [4.69, 9.17) is 14.7 Å². The van der Waals surface area contributed by atoms with Crippen LogP contribution >= 0.6 is 0 Å². The summed E-state index contributed by atoms with van der Waals surface area (Å²) >= 11 is 0. The normalized spacial score (nSPS) is 18.2. The van der Waals surface area contributed by atoms with Gasteiger partial charge in [0.25, 0.3) is 0 Å². The van der Waals surface area contributed by atoms with Gasteiger partial charge in [0.2, 0.25) is 0 Å². The van der Waals surface area contributed by atoms with Crippen molar-refractivity contribution < 1.29 is 14.3 Å². The molecular formula is C17H23N3O3. The van der Waals surface area contributed by atoms with Crippen LogP contribution in [-0.4, -0.2) is 48.9 Å². The maximum absolute atomic E-state index is 12.1. The lowest BCUT2D eigenvalue weighted by molar-refractivity contribution is 0.0178. The third-order valence-electron chi connectivity index (χ3n) is 3.35. The van der Waals surface area contributed by atoms with Gasteiger partial charge in [0.05, 0.1) is 11.6 Å². The van der Waals surface area contributed by atoms with Crippen LogP contribution in [0.2, 0.25) is 0 Å². The number of para-hydroxylation sites is 1. The molecule has 1 fully saturated rings. The Morgan fingerprint density at radius 3 is 2.87 bits per heavy atom. The molecule has 23 heavy (non-hydrogen) atoms. The predicted octanol–water partition coefficient (Wildman–Crippen LogP) is 2.15. The standard InChI is InChI=1S/C17H23N3O3/c1-17(2,3)23-16(21)20-9-8-19-14(11-20)12-22-15-7-5-4-6-13(15)10-18/h4-7,14,19H,8-9,11-12H2,1-3H3/t14-/m0/s1. The summed E-state index contributed by atoms with van der Waals surface area (Å²) in [6.45, 7) is 7.76. The first-order valence-corrected chi connectivity index (χ1v) is 7.72. The van der Waals surface area contributed by atoms with Crippen LogP contribution in [0.15, 0.2) is 24.3 Å². The number of ether oxygens (including phenoxy) is 2. The van der Waals surface area contributed by atoms with Crippen molar-refractivity contribution in [3.05, 3.63) is 29.8 Å². The van der Waals surface area contributed by atoms with E-state index in [9.17, 15) is 4.79 Å².